The molecule has 0 N–H and O–H groups in total. The van der Waals surface area contributed by atoms with E-state index >= 15 is 0 Å². The number of hydrogen-bond acceptors (Lipinski definition) is 5. The van der Waals surface area contributed by atoms with Crippen LogP contribution in [-0.4, -0.2) is 65.8 Å². The first-order valence-electron chi connectivity index (χ1n) is 10.2. The molecule has 2 saturated heterocycles. The maximum Gasteiger partial charge on any atom is 0.410 e. The van der Waals surface area contributed by atoms with Crippen molar-refractivity contribution in [2.24, 2.45) is 11.8 Å². The van der Waals surface area contributed by atoms with Crippen molar-refractivity contribution in [2.45, 2.75) is 26.4 Å². The van der Waals surface area contributed by atoms with Crippen LogP contribution in [0.4, 0.5) is 4.79 Å². The van der Waals surface area contributed by atoms with Gasteiger partial charge in [0.1, 0.15) is 18.0 Å². The highest BCUT2D eigenvalue weighted by atomic mass is 35.5. The highest BCUT2D eigenvalue weighted by molar-refractivity contribution is 6.35. The van der Waals surface area contributed by atoms with Gasteiger partial charge in [-0.3, -0.25) is 9.88 Å². The number of carbonyl (C=O) groups excluding carboxylic acids is 1. The monoisotopic (exact) mass is 417 g/mol. The molecule has 0 aliphatic carbocycles. The van der Waals surface area contributed by atoms with Crippen molar-refractivity contribution in [3.63, 3.8) is 0 Å². The molecule has 2 fully saturated rings. The lowest BCUT2D eigenvalue weighted by molar-refractivity contribution is 0.0273. The first-order valence-corrected chi connectivity index (χ1v) is 10.5. The maximum absolute atomic E-state index is 12.3. The van der Waals surface area contributed by atoms with Gasteiger partial charge in [-0.15, -0.1) is 0 Å². The molecule has 2 aliphatic heterocycles. The molecule has 156 valence electrons. The van der Waals surface area contributed by atoms with Crippen LogP contribution < -0.4 is 4.74 Å². The summed E-state index contributed by atoms with van der Waals surface area (Å²) < 4.78 is 11.4. The van der Waals surface area contributed by atoms with E-state index in [1.54, 1.807) is 12.3 Å². The van der Waals surface area contributed by atoms with Crippen LogP contribution in [0.2, 0.25) is 5.02 Å². The number of amides is 1. The number of rotatable bonds is 4. The van der Waals surface area contributed by atoms with Gasteiger partial charge < -0.3 is 14.4 Å². The van der Waals surface area contributed by atoms with E-state index in [0.717, 1.165) is 49.4 Å². The van der Waals surface area contributed by atoms with Gasteiger partial charge in [-0.25, -0.2) is 4.79 Å². The summed E-state index contributed by atoms with van der Waals surface area (Å²) in [6.45, 7) is 10.8. The third-order valence-corrected chi connectivity index (χ3v) is 5.88. The highest BCUT2D eigenvalue weighted by Gasteiger charge is 2.42. The second kappa shape index (κ2) is 8.00. The third-order valence-electron chi connectivity index (χ3n) is 5.55. The smallest absolute Gasteiger partial charge is 0.410 e. The van der Waals surface area contributed by atoms with Gasteiger partial charge in [-0.05, 0) is 50.8 Å². The van der Waals surface area contributed by atoms with Gasteiger partial charge in [0, 0.05) is 50.4 Å². The molecule has 0 bridgehead atoms. The van der Waals surface area contributed by atoms with Gasteiger partial charge >= 0.3 is 6.09 Å². The summed E-state index contributed by atoms with van der Waals surface area (Å²) in [5.74, 6) is 1.85. The Morgan fingerprint density at radius 1 is 1.17 bits per heavy atom. The first-order chi connectivity index (χ1) is 13.8. The lowest BCUT2D eigenvalue weighted by Crippen LogP contribution is -2.38. The van der Waals surface area contributed by atoms with Crippen molar-refractivity contribution in [1.82, 2.24) is 14.8 Å². The molecule has 6 nitrogen and oxygen atoms in total. The van der Waals surface area contributed by atoms with Crippen molar-refractivity contribution in [3.8, 4) is 5.75 Å². The van der Waals surface area contributed by atoms with E-state index in [1.807, 2.05) is 43.9 Å². The standard InChI is InChI=1S/C22H28ClN3O3/c1-22(2,3)29-21(27)26-13-15-11-25(12-16(15)14-26)8-9-28-17-4-5-18-19(23)6-7-24-20(18)10-17/h4-7,10,15-16H,8-9,11-14H2,1-3H3. The Morgan fingerprint density at radius 3 is 2.59 bits per heavy atom. The number of likely N-dealkylation sites (tertiary alicyclic amines) is 2. The molecule has 2 aromatic rings. The fraction of sp³-hybridized carbons (Fsp3) is 0.545. The number of benzene rings is 1. The van der Waals surface area contributed by atoms with Crippen LogP contribution >= 0.6 is 11.6 Å². The molecule has 3 heterocycles. The highest BCUT2D eigenvalue weighted by Crippen LogP contribution is 2.32. The minimum atomic E-state index is -0.443. The SMILES string of the molecule is CC(C)(C)OC(=O)N1CC2CN(CCOc3ccc4c(Cl)ccnc4c3)CC2C1. The molecule has 1 aromatic heterocycles. The molecule has 29 heavy (non-hydrogen) atoms. The molecule has 0 saturated carbocycles. The summed E-state index contributed by atoms with van der Waals surface area (Å²) in [5.41, 5.74) is 0.398. The zero-order valence-electron chi connectivity index (χ0n) is 17.2. The average molecular weight is 418 g/mol. The molecule has 1 amide bonds. The zero-order valence-corrected chi connectivity index (χ0v) is 18.0. The largest absolute Gasteiger partial charge is 0.492 e. The van der Waals surface area contributed by atoms with Crippen LogP contribution in [0.15, 0.2) is 30.5 Å². The molecule has 2 aliphatic rings. The van der Waals surface area contributed by atoms with Gasteiger partial charge in [0.15, 0.2) is 0 Å². The van der Waals surface area contributed by atoms with E-state index in [1.165, 1.54) is 0 Å². The van der Waals surface area contributed by atoms with Crippen LogP contribution in [0.5, 0.6) is 5.75 Å². The molecule has 2 unspecified atom stereocenters. The molecule has 0 spiro atoms. The molecule has 0 radical (unpaired) electrons. The van der Waals surface area contributed by atoms with Crippen molar-refractivity contribution in [3.05, 3.63) is 35.5 Å². The summed E-state index contributed by atoms with van der Waals surface area (Å²) >= 11 is 6.19. The predicted molar refractivity (Wildman–Crippen MR) is 113 cm³/mol. The zero-order chi connectivity index (χ0) is 20.6. The molecular weight excluding hydrogens is 390 g/mol. The van der Waals surface area contributed by atoms with E-state index in [9.17, 15) is 4.79 Å². The molecule has 1 aromatic carbocycles. The number of hydrogen-bond donors (Lipinski definition) is 0. The van der Waals surface area contributed by atoms with Gasteiger partial charge in [-0.1, -0.05) is 11.6 Å². The summed E-state index contributed by atoms with van der Waals surface area (Å²) in [5, 5.41) is 1.63. The molecule has 7 heteroatoms. The van der Waals surface area contributed by atoms with E-state index in [2.05, 4.69) is 9.88 Å². The Hall–Kier alpha value is -2.05. The predicted octanol–water partition coefficient (Wildman–Crippen LogP) is 4.07. The second-order valence-electron chi connectivity index (χ2n) is 8.99. The Kier molecular flexibility index (Phi) is 5.58. The van der Waals surface area contributed by atoms with Crippen LogP contribution in [0, 0.1) is 11.8 Å². The van der Waals surface area contributed by atoms with Crippen molar-refractivity contribution in [2.75, 3.05) is 39.3 Å². The molecular formula is C22H28ClN3O3. The summed E-state index contributed by atoms with van der Waals surface area (Å²) in [6.07, 6.45) is 1.52. The minimum absolute atomic E-state index is 0.188. The lowest BCUT2D eigenvalue weighted by Gasteiger charge is -2.26. The number of aromatic nitrogens is 1. The van der Waals surface area contributed by atoms with Crippen molar-refractivity contribution >= 4 is 28.6 Å². The van der Waals surface area contributed by atoms with Gasteiger partial charge in [-0.2, -0.15) is 0 Å². The van der Waals surface area contributed by atoms with E-state index in [4.69, 9.17) is 21.1 Å². The van der Waals surface area contributed by atoms with Gasteiger partial charge in [0.05, 0.1) is 10.5 Å². The van der Waals surface area contributed by atoms with Crippen LogP contribution in [-0.2, 0) is 4.74 Å². The topological polar surface area (TPSA) is 54.9 Å². The average Bonchev–Trinajstić information content (AvgIpc) is 3.19. The molecule has 4 rings (SSSR count). The van der Waals surface area contributed by atoms with E-state index in [0.29, 0.717) is 23.5 Å². The van der Waals surface area contributed by atoms with Crippen molar-refractivity contribution in [1.29, 1.82) is 0 Å². The minimum Gasteiger partial charge on any atom is -0.492 e. The fourth-order valence-corrected chi connectivity index (χ4v) is 4.44. The van der Waals surface area contributed by atoms with Crippen LogP contribution in [0.3, 0.4) is 0 Å². The normalized spacial score (nSPS) is 22.1. The Labute approximate surface area is 176 Å². The quantitative estimate of drug-likeness (QED) is 0.750. The number of fused-ring (bicyclic) bond motifs is 2. The number of ether oxygens (including phenoxy) is 2. The Balaban J connectivity index is 1.24. The second-order valence-corrected chi connectivity index (χ2v) is 9.39. The summed E-state index contributed by atoms with van der Waals surface area (Å²) in [4.78, 5) is 20.9. The lowest BCUT2D eigenvalue weighted by atomic mass is 10.0. The number of pyridine rings is 1. The van der Waals surface area contributed by atoms with E-state index < -0.39 is 5.60 Å². The van der Waals surface area contributed by atoms with Crippen molar-refractivity contribution < 1.29 is 14.3 Å². The van der Waals surface area contributed by atoms with Gasteiger partial charge in [0.2, 0.25) is 0 Å². The van der Waals surface area contributed by atoms with Crippen LogP contribution in [0.1, 0.15) is 20.8 Å². The summed E-state index contributed by atoms with van der Waals surface area (Å²) in [6, 6.07) is 7.61. The van der Waals surface area contributed by atoms with Crippen LogP contribution in [0.25, 0.3) is 10.9 Å². The maximum atomic E-state index is 12.3. The molecule has 2 atom stereocenters. The fourth-order valence-electron chi connectivity index (χ4n) is 4.22. The Bertz CT molecular complexity index is 884. The number of nitrogens with zero attached hydrogens (tertiary/aromatic N) is 3. The number of halogens is 1. The Morgan fingerprint density at radius 2 is 1.90 bits per heavy atom. The number of carbonyl (C=O) groups is 1. The third kappa shape index (κ3) is 4.75. The van der Waals surface area contributed by atoms with Gasteiger partial charge in [0.25, 0.3) is 0 Å². The van der Waals surface area contributed by atoms with E-state index in [-0.39, 0.29) is 6.09 Å². The first kappa shape index (κ1) is 20.2. The summed E-state index contributed by atoms with van der Waals surface area (Å²) in [7, 11) is 0.